The van der Waals surface area contributed by atoms with Gasteiger partial charge in [-0.2, -0.15) is 8.42 Å². The van der Waals surface area contributed by atoms with Gasteiger partial charge in [-0.3, -0.25) is 9.35 Å². The highest BCUT2D eigenvalue weighted by molar-refractivity contribution is 7.85. The van der Waals surface area contributed by atoms with Crippen LogP contribution in [0.15, 0.2) is 53.4 Å². The van der Waals surface area contributed by atoms with Gasteiger partial charge in [0, 0.05) is 11.3 Å². The van der Waals surface area contributed by atoms with Crippen molar-refractivity contribution < 1.29 is 27.2 Å². The predicted octanol–water partition coefficient (Wildman–Crippen LogP) is 6.08. The van der Waals surface area contributed by atoms with Crippen molar-refractivity contribution in [1.29, 1.82) is 0 Å². The number of hydrogen-bond donors (Lipinski definition) is 1. The van der Waals surface area contributed by atoms with Crippen molar-refractivity contribution in [2.24, 2.45) is 17.3 Å². The second-order valence-corrected chi connectivity index (χ2v) is 13.3. The Kier molecular flexibility index (Phi) is 7.21. The summed E-state index contributed by atoms with van der Waals surface area (Å²) in [6.07, 6.45) is 4.52. The third-order valence-corrected chi connectivity index (χ3v) is 9.17. The smallest absolute Gasteiger partial charge is 0.312 e. The van der Waals surface area contributed by atoms with Gasteiger partial charge in [-0.1, -0.05) is 45.9 Å². The molecule has 2 aromatic carbocycles. The molecule has 0 bridgehead atoms. The first-order chi connectivity index (χ1) is 17.6. The summed E-state index contributed by atoms with van der Waals surface area (Å²) in [7, 11) is -4.34. The molecule has 2 aromatic rings. The molecule has 38 heavy (non-hydrogen) atoms. The number of fused-ring (bicyclic) bond motifs is 2. The molecule has 4 rings (SSSR count). The van der Waals surface area contributed by atoms with Gasteiger partial charge in [0.15, 0.2) is 0 Å². The highest BCUT2D eigenvalue weighted by Crippen LogP contribution is 2.54. The highest BCUT2D eigenvalue weighted by Gasteiger charge is 2.58. The van der Waals surface area contributed by atoms with Crippen molar-refractivity contribution in [2.45, 2.75) is 70.9 Å². The van der Waals surface area contributed by atoms with Gasteiger partial charge in [0.25, 0.3) is 10.1 Å². The number of benzene rings is 2. The highest BCUT2D eigenvalue weighted by atomic mass is 32.2. The van der Waals surface area contributed by atoms with E-state index in [0.717, 1.165) is 17.7 Å². The van der Waals surface area contributed by atoms with Gasteiger partial charge in [0.1, 0.15) is 12.4 Å². The number of carbonyl (C=O) groups excluding carboxylic acids is 1. The Hall–Kier alpha value is -2.84. The minimum atomic E-state index is -4.34. The van der Waals surface area contributed by atoms with Gasteiger partial charge in [-0.05, 0) is 81.0 Å². The van der Waals surface area contributed by atoms with Crippen molar-refractivity contribution >= 4 is 27.9 Å². The minimum absolute atomic E-state index is 0.143. The fourth-order valence-electron chi connectivity index (χ4n) is 5.83. The number of nitrogens with zero attached hydrogens (tertiary/aromatic N) is 1. The van der Waals surface area contributed by atoms with E-state index in [9.17, 15) is 17.8 Å². The predicted molar refractivity (Wildman–Crippen MR) is 149 cm³/mol. The first-order valence-electron chi connectivity index (χ1n) is 13.2. The molecule has 1 N–H and O–H groups in total. The topological polar surface area (TPSA) is 93.1 Å². The molecular formula is C30H39NO6S. The van der Waals surface area contributed by atoms with Gasteiger partial charge in [0.05, 0.1) is 22.3 Å². The van der Waals surface area contributed by atoms with E-state index in [2.05, 4.69) is 52.5 Å². The standard InChI is InChI=1S/C30H39NO6S/c1-20(2)19-29(7,21(3)4)27(32)36-17-16-31-25-11-9-8-10-24(25)28(5,6)30(31)15-14-22-18-23(38(33,34)35)12-13-26(22)37-30/h8-15,18,20-21H,16-17,19H2,1-7H3,(H,33,34,35)/t29?,30-/m1/s1. The summed E-state index contributed by atoms with van der Waals surface area (Å²) < 4.78 is 45.4. The number of carbonyl (C=O) groups is 1. The number of rotatable bonds is 8. The van der Waals surface area contributed by atoms with Crippen LogP contribution in [0.5, 0.6) is 5.75 Å². The Labute approximate surface area is 226 Å². The van der Waals surface area contributed by atoms with E-state index in [-0.39, 0.29) is 23.4 Å². The molecule has 2 aliphatic rings. The van der Waals surface area contributed by atoms with E-state index in [1.807, 2.05) is 37.3 Å². The van der Waals surface area contributed by atoms with E-state index in [1.54, 1.807) is 6.07 Å². The number of para-hydroxylation sites is 1. The van der Waals surface area contributed by atoms with Gasteiger partial charge in [-0.15, -0.1) is 0 Å². The molecule has 0 saturated heterocycles. The fourth-order valence-corrected chi connectivity index (χ4v) is 6.34. The number of esters is 1. The monoisotopic (exact) mass is 541 g/mol. The van der Waals surface area contributed by atoms with E-state index in [0.29, 0.717) is 23.8 Å². The molecule has 1 unspecified atom stereocenters. The molecule has 1 spiro atoms. The lowest BCUT2D eigenvalue weighted by Crippen LogP contribution is -2.60. The Morgan fingerprint density at radius 2 is 1.82 bits per heavy atom. The van der Waals surface area contributed by atoms with Crippen LogP contribution >= 0.6 is 0 Å². The quantitative estimate of drug-likeness (QED) is 0.320. The van der Waals surface area contributed by atoms with Crippen LogP contribution in [0.1, 0.15) is 66.0 Å². The van der Waals surface area contributed by atoms with Gasteiger partial charge >= 0.3 is 5.97 Å². The van der Waals surface area contributed by atoms with Gasteiger partial charge in [0.2, 0.25) is 5.72 Å². The molecule has 2 heterocycles. The third kappa shape index (κ3) is 4.62. The second-order valence-electron chi connectivity index (χ2n) is 11.9. The van der Waals surface area contributed by atoms with Crippen LogP contribution in [0.2, 0.25) is 0 Å². The molecule has 8 heteroatoms. The molecule has 0 radical (unpaired) electrons. The van der Waals surface area contributed by atoms with Crippen molar-refractivity contribution in [1.82, 2.24) is 0 Å². The minimum Gasteiger partial charge on any atom is -0.463 e. The van der Waals surface area contributed by atoms with Crippen LogP contribution in [0.3, 0.4) is 0 Å². The zero-order valence-corrected chi connectivity index (χ0v) is 24.1. The maximum Gasteiger partial charge on any atom is 0.312 e. The molecule has 0 amide bonds. The summed E-state index contributed by atoms with van der Waals surface area (Å²) in [5, 5.41) is 0. The Morgan fingerprint density at radius 3 is 2.45 bits per heavy atom. The largest absolute Gasteiger partial charge is 0.463 e. The number of anilines is 1. The third-order valence-electron chi connectivity index (χ3n) is 8.32. The second kappa shape index (κ2) is 9.72. The van der Waals surface area contributed by atoms with E-state index < -0.39 is 26.7 Å². The van der Waals surface area contributed by atoms with Gasteiger partial charge < -0.3 is 14.4 Å². The summed E-state index contributed by atoms with van der Waals surface area (Å²) >= 11 is 0. The number of ether oxygens (including phenoxy) is 2. The first-order valence-corrected chi connectivity index (χ1v) is 14.6. The lowest BCUT2D eigenvalue weighted by atomic mass is 9.73. The summed E-state index contributed by atoms with van der Waals surface area (Å²) in [5.41, 5.74) is 0.651. The summed E-state index contributed by atoms with van der Waals surface area (Å²) in [4.78, 5) is 15.2. The number of hydrogen-bond acceptors (Lipinski definition) is 6. The van der Waals surface area contributed by atoms with E-state index in [1.165, 1.54) is 12.1 Å². The Bertz CT molecular complexity index is 1360. The molecule has 0 saturated carbocycles. The lowest BCUT2D eigenvalue weighted by molar-refractivity contribution is -0.158. The molecule has 206 valence electrons. The molecule has 0 fully saturated rings. The average molecular weight is 542 g/mol. The van der Waals surface area contributed by atoms with Crippen molar-refractivity contribution in [3.8, 4) is 5.75 Å². The Morgan fingerprint density at radius 1 is 1.13 bits per heavy atom. The molecular weight excluding hydrogens is 502 g/mol. The fraction of sp³-hybridized carbons (Fsp3) is 0.500. The maximum atomic E-state index is 13.3. The molecule has 7 nitrogen and oxygen atoms in total. The van der Waals surface area contributed by atoms with Crippen molar-refractivity contribution in [2.75, 3.05) is 18.1 Å². The normalized spacial score (nSPS) is 21.3. The van der Waals surface area contributed by atoms with Crippen LogP contribution in [0, 0.1) is 17.3 Å². The van der Waals surface area contributed by atoms with Crippen molar-refractivity contribution in [3.05, 3.63) is 59.7 Å². The van der Waals surface area contributed by atoms with E-state index in [4.69, 9.17) is 9.47 Å². The summed E-state index contributed by atoms with van der Waals surface area (Å²) in [5.74, 6) is 0.827. The molecule has 2 aliphatic heterocycles. The van der Waals surface area contributed by atoms with E-state index >= 15 is 0 Å². The lowest BCUT2D eigenvalue weighted by Gasteiger charge is -2.47. The average Bonchev–Trinajstić information content (AvgIpc) is 3.01. The van der Waals surface area contributed by atoms with Crippen LogP contribution in [0.25, 0.3) is 6.08 Å². The molecule has 0 aliphatic carbocycles. The van der Waals surface area contributed by atoms with Crippen LogP contribution in [-0.2, 0) is 25.1 Å². The summed E-state index contributed by atoms with van der Waals surface area (Å²) in [6.45, 7) is 15.2. The van der Waals surface area contributed by atoms with Gasteiger partial charge in [-0.25, -0.2) is 0 Å². The van der Waals surface area contributed by atoms with Crippen LogP contribution in [-0.4, -0.2) is 37.8 Å². The van der Waals surface area contributed by atoms with Crippen LogP contribution in [0.4, 0.5) is 5.69 Å². The first kappa shape index (κ1) is 28.2. The Balaban J connectivity index is 1.66. The summed E-state index contributed by atoms with van der Waals surface area (Å²) in [6, 6.07) is 12.4. The SMILES string of the molecule is CC(C)CC(C)(C(=O)OCCN1c2ccccc2C(C)(C)[C@]12C=Cc1cc(S(=O)(=O)O)ccc1O2)C(C)C. The zero-order chi connectivity index (χ0) is 28.1. The molecule has 2 atom stereocenters. The van der Waals surface area contributed by atoms with Crippen LogP contribution < -0.4 is 9.64 Å². The zero-order valence-electron chi connectivity index (χ0n) is 23.3. The van der Waals surface area contributed by atoms with Crippen molar-refractivity contribution in [3.63, 3.8) is 0 Å². The maximum absolute atomic E-state index is 13.3. The molecule has 0 aromatic heterocycles.